The summed E-state index contributed by atoms with van der Waals surface area (Å²) in [4.78, 5) is 13.5. The molecule has 0 radical (unpaired) electrons. The zero-order valence-corrected chi connectivity index (χ0v) is 12.0. The fourth-order valence-electron chi connectivity index (χ4n) is 1.46. The van der Waals surface area contributed by atoms with Gasteiger partial charge >= 0.3 is 0 Å². The molecular weight excluding hydrogens is 273 g/mol. The Kier molecular flexibility index (Phi) is 5.93. The summed E-state index contributed by atoms with van der Waals surface area (Å²) in [7, 11) is 1.72. The number of aliphatic hydroxyl groups is 1. The Morgan fingerprint density at radius 2 is 2.06 bits per heavy atom. The summed E-state index contributed by atoms with van der Waals surface area (Å²) in [6, 6.07) is 5.17. The molecule has 1 unspecified atom stereocenters. The maximum Gasteiger partial charge on any atom is 0.226 e. The first-order valence-electron chi connectivity index (χ1n) is 5.76. The minimum atomic E-state index is -0.398. The van der Waals surface area contributed by atoms with E-state index in [2.05, 4.69) is 0 Å². The monoisotopic (exact) mass is 289 g/mol. The first-order valence-corrected chi connectivity index (χ1v) is 6.51. The largest absolute Gasteiger partial charge is 0.393 e. The molecule has 18 heavy (non-hydrogen) atoms. The van der Waals surface area contributed by atoms with Crippen molar-refractivity contribution in [2.24, 2.45) is 0 Å². The number of carbonyl (C=O) groups excluding carboxylic acids is 1. The maximum atomic E-state index is 11.9. The molecule has 0 heterocycles. The van der Waals surface area contributed by atoms with Crippen LogP contribution < -0.4 is 0 Å². The number of hydrogen-bond donors (Lipinski definition) is 1. The normalized spacial score (nSPS) is 12.3. The highest BCUT2D eigenvalue weighted by molar-refractivity contribution is 6.42. The summed E-state index contributed by atoms with van der Waals surface area (Å²) in [5.74, 6) is -0.00552. The number of likely N-dealkylation sites (N-methyl/N-ethyl adjacent to an activating group) is 1. The smallest absolute Gasteiger partial charge is 0.226 e. The highest BCUT2D eigenvalue weighted by Crippen LogP contribution is 2.22. The molecule has 0 aliphatic carbocycles. The lowest BCUT2D eigenvalue weighted by Crippen LogP contribution is -2.30. The minimum absolute atomic E-state index is 0.00552. The van der Waals surface area contributed by atoms with Gasteiger partial charge in [-0.05, 0) is 31.0 Å². The Labute approximate surface area is 117 Å². The summed E-state index contributed by atoms with van der Waals surface area (Å²) in [5.41, 5.74) is 0.832. The van der Waals surface area contributed by atoms with Gasteiger partial charge in [0.1, 0.15) is 0 Å². The molecule has 0 aromatic heterocycles. The summed E-state index contributed by atoms with van der Waals surface area (Å²) in [5, 5.41) is 10.1. The number of carbonyl (C=O) groups is 1. The first-order chi connectivity index (χ1) is 8.40. The van der Waals surface area contributed by atoms with E-state index in [9.17, 15) is 4.79 Å². The minimum Gasteiger partial charge on any atom is -0.393 e. The lowest BCUT2D eigenvalue weighted by Gasteiger charge is -2.18. The Hall–Kier alpha value is -0.770. The number of aliphatic hydroxyl groups excluding tert-OH is 1. The highest BCUT2D eigenvalue weighted by atomic mass is 35.5. The van der Waals surface area contributed by atoms with Gasteiger partial charge in [0, 0.05) is 13.6 Å². The lowest BCUT2D eigenvalue weighted by molar-refractivity contribution is -0.129. The van der Waals surface area contributed by atoms with Gasteiger partial charge in [-0.25, -0.2) is 0 Å². The van der Waals surface area contributed by atoms with Crippen molar-refractivity contribution in [1.82, 2.24) is 4.90 Å². The third kappa shape index (κ3) is 4.84. The molecule has 1 rings (SSSR count). The number of hydrogen-bond acceptors (Lipinski definition) is 2. The van der Waals surface area contributed by atoms with Gasteiger partial charge in [-0.15, -0.1) is 0 Å². The van der Waals surface area contributed by atoms with Gasteiger partial charge in [0.2, 0.25) is 5.91 Å². The molecule has 1 aromatic rings. The van der Waals surface area contributed by atoms with E-state index in [0.717, 1.165) is 5.56 Å². The molecule has 100 valence electrons. The molecule has 0 spiro atoms. The summed E-state index contributed by atoms with van der Waals surface area (Å²) in [6.45, 7) is 2.25. The van der Waals surface area contributed by atoms with Crippen LogP contribution in [0.3, 0.4) is 0 Å². The average molecular weight is 290 g/mol. The number of halogens is 2. The van der Waals surface area contributed by atoms with Crippen molar-refractivity contribution in [3.63, 3.8) is 0 Å². The average Bonchev–Trinajstić information content (AvgIpc) is 2.30. The van der Waals surface area contributed by atoms with E-state index in [1.165, 1.54) is 0 Å². The fraction of sp³-hybridized carbons (Fsp3) is 0.462. The second-order valence-electron chi connectivity index (χ2n) is 4.38. The second-order valence-corrected chi connectivity index (χ2v) is 5.19. The number of rotatable bonds is 5. The van der Waals surface area contributed by atoms with Gasteiger partial charge in [0.15, 0.2) is 0 Å². The third-order valence-electron chi connectivity index (χ3n) is 2.65. The van der Waals surface area contributed by atoms with E-state index in [0.29, 0.717) is 23.0 Å². The first kappa shape index (κ1) is 15.3. The standard InChI is InChI=1S/C13H17Cl2NO2/c1-9(17)5-6-16(2)13(18)8-10-3-4-11(14)12(15)7-10/h3-4,7,9,17H,5-6,8H2,1-2H3. The van der Waals surface area contributed by atoms with Crippen molar-refractivity contribution < 1.29 is 9.90 Å². The zero-order chi connectivity index (χ0) is 13.7. The van der Waals surface area contributed by atoms with Crippen LogP contribution in [0.5, 0.6) is 0 Å². The summed E-state index contributed by atoms with van der Waals surface area (Å²) in [6.07, 6.45) is 0.460. The third-order valence-corrected chi connectivity index (χ3v) is 3.39. The van der Waals surface area contributed by atoms with Crippen LogP contribution in [0.2, 0.25) is 10.0 Å². The molecule has 0 saturated carbocycles. The predicted octanol–water partition coefficient (Wildman–Crippen LogP) is 2.77. The van der Waals surface area contributed by atoms with Crippen LogP contribution in [-0.2, 0) is 11.2 Å². The quantitative estimate of drug-likeness (QED) is 0.906. The molecule has 0 bridgehead atoms. The number of nitrogens with zero attached hydrogens (tertiary/aromatic N) is 1. The van der Waals surface area contributed by atoms with Crippen LogP contribution in [0, 0.1) is 0 Å². The van der Waals surface area contributed by atoms with Gasteiger partial charge in [-0.1, -0.05) is 29.3 Å². The van der Waals surface area contributed by atoms with E-state index in [1.54, 1.807) is 37.1 Å². The van der Waals surface area contributed by atoms with E-state index in [1.807, 2.05) is 0 Å². The van der Waals surface area contributed by atoms with Crippen LogP contribution in [0.15, 0.2) is 18.2 Å². The Morgan fingerprint density at radius 1 is 1.39 bits per heavy atom. The Bertz CT molecular complexity index is 421. The Morgan fingerprint density at radius 3 is 2.61 bits per heavy atom. The Balaban J connectivity index is 2.55. The van der Waals surface area contributed by atoms with Crippen LogP contribution in [0.25, 0.3) is 0 Å². The zero-order valence-electron chi connectivity index (χ0n) is 10.5. The number of benzene rings is 1. The fourth-order valence-corrected chi connectivity index (χ4v) is 1.79. The van der Waals surface area contributed by atoms with E-state index < -0.39 is 6.10 Å². The predicted molar refractivity (Wildman–Crippen MR) is 74.1 cm³/mol. The molecule has 0 aliphatic rings. The van der Waals surface area contributed by atoms with Crippen LogP contribution in [-0.4, -0.2) is 35.6 Å². The summed E-state index contributed by atoms with van der Waals surface area (Å²) >= 11 is 11.7. The molecule has 5 heteroatoms. The SMILES string of the molecule is CC(O)CCN(C)C(=O)Cc1ccc(Cl)c(Cl)c1. The van der Waals surface area contributed by atoms with E-state index in [4.69, 9.17) is 28.3 Å². The topological polar surface area (TPSA) is 40.5 Å². The van der Waals surface area contributed by atoms with Gasteiger partial charge in [0.25, 0.3) is 0 Å². The van der Waals surface area contributed by atoms with Crippen molar-refractivity contribution in [1.29, 1.82) is 0 Å². The van der Waals surface area contributed by atoms with Crippen molar-refractivity contribution in [3.8, 4) is 0 Å². The molecule has 1 aromatic carbocycles. The van der Waals surface area contributed by atoms with Gasteiger partial charge in [-0.2, -0.15) is 0 Å². The van der Waals surface area contributed by atoms with Crippen molar-refractivity contribution in [2.75, 3.05) is 13.6 Å². The molecule has 0 fully saturated rings. The lowest BCUT2D eigenvalue weighted by atomic mass is 10.1. The van der Waals surface area contributed by atoms with Crippen LogP contribution in [0.1, 0.15) is 18.9 Å². The molecule has 0 aliphatic heterocycles. The molecule has 1 atom stereocenters. The maximum absolute atomic E-state index is 11.9. The van der Waals surface area contributed by atoms with E-state index >= 15 is 0 Å². The van der Waals surface area contributed by atoms with E-state index in [-0.39, 0.29) is 12.3 Å². The van der Waals surface area contributed by atoms with Gasteiger partial charge < -0.3 is 10.0 Å². The second kappa shape index (κ2) is 6.98. The van der Waals surface area contributed by atoms with Crippen molar-refractivity contribution in [3.05, 3.63) is 33.8 Å². The highest BCUT2D eigenvalue weighted by Gasteiger charge is 2.11. The molecule has 0 saturated heterocycles. The summed E-state index contributed by atoms with van der Waals surface area (Å²) < 4.78 is 0. The van der Waals surface area contributed by atoms with Crippen LogP contribution in [0.4, 0.5) is 0 Å². The van der Waals surface area contributed by atoms with Crippen molar-refractivity contribution >= 4 is 29.1 Å². The van der Waals surface area contributed by atoms with Gasteiger partial charge in [0.05, 0.1) is 22.6 Å². The molecular formula is C13H17Cl2NO2. The molecule has 1 N–H and O–H groups in total. The van der Waals surface area contributed by atoms with Crippen molar-refractivity contribution in [2.45, 2.75) is 25.9 Å². The van der Waals surface area contributed by atoms with Crippen LogP contribution >= 0.6 is 23.2 Å². The van der Waals surface area contributed by atoms with Gasteiger partial charge in [-0.3, -0.25) is 4.79 Å². The molecule has 1 amide bonds. The number of amides is 1. The molecule has 3 nitrogen and oxygen atoms in total.